The zero-order valence-corrected chi connectivity index (χ0v) is 16.8. The highest BCUT2D eigenvalue weighted by Gasteiger charge is 2.25. The molecule has 154 valence electrons. The van der Waals surface area contributed by atoms with Gasteiger partial charge in [-0.15, -0.1) is 0 Å². The zero-order valence-electron chi connectivity index (χ0n) is 16.1. The van der Waals surface area contributed by atoms with Crippen LogP contribution in [0.5, 0.6) is 5.75 Å². The predicted octanol–water partition coefficient (Wildman–Crippen LogP) is 3.20. The van der Waals surface area contributed by atoms with E-state index in [2.05, 4.69) is 10.6 Å². The number of carbonyl (C=O) groups excluding carboxylic acids is 2. The Morgan fingerprint density at radius 3 is 2.48 bits per heavy atom. The van der Waals surface area contributed by atoms with E-state index < -0.39 is 16.9 Å². The Kier molecular flexibility index (Phi) is 7.97. The lowest BCUT2D eigenvalue weighted by Crippen LogP contribution is -2.50. The van der Waals surface area contributed by atoms with E-state index in [1.54, 1.807) is 13.8 Å². The van der Waals surface area contributed by atoms with Crippen molar-refractivity contribution in [2.45, 2.75) is 19.9 Å². The molecule has 29 heavy (non-hydrogen) atoms. The summed E-state index contributed by atoms with van der Waals surface area (Å²) in [6.45, 7) is 4.11. The summed E-state index contributed by atoms with van der Waals surface area (Å²) in [4.78, 5) is 35.3. The van der Waals surface area contributed by atoms with Gasteiger partial charge in [0.15, 0.2) is 0 Å². The molecule has 0 aliphatic rings. The molecule has 2 amide bonds. The molecule has 1 atom stereocenters. The molecule has 0 aliphatic carbocycles. The van der Waals surface area contributed by atoms with Gasteiger partial charge in [-0.25, -0.2) is 0 Å². The summed E-state index contributed by atoms with van der Waals surface area (Å²) in [5.74, 6) is -0.469. The van der Waals surface area contributed by atoms with E-state index in [-0.39, 0.29) is 41.3 Å². The summed E-state index contributed by atoms with van der Waals surface area (Å²) in [6, 6.07) is 12.1. The molecule has 0 spiro atoms. The van der Waals surface area contributed by atoms with Gasteiger partial charge in [-0.3, -0.25) is 19.7 Å². The third-order valence-electron chi connectivity index (χ3n) is 4.05. The second-order valence-electron chi connectivity index (χ2n) is 6.57. The molecule has 0 bridgehead atoms. The quantitative estimate of drug-likeness (QED) is 0.368. The minimum absolute atomic E-state index is 0.0481. The van der Waals surface area contributed by atoms with Crippen molar-refractivity contribution in [2.24, 2.45) is 5.92 Å². The van der Waals surface area contributed by atoms with Gasteiger partial charge in [-0.2, -0.15) is 0 Å². The van der Waals surface area contributed by atoms with Crippen LogP contribution in [0.3, 0.4) is 0 Å². The Balaban J connectivity index is 1.94. The fourth-order valence-corrected chi connectivity index (χ4v) is 2.71. The first-order chi connectivity index (χ1) is 13.8. The number of nitrogens with one attached hydrogen (secondary N) is 2. The summed E-state index contributed by atoms with van der Waals surface area (Å²) < 4.78 is 5.52. The number of amides is 2. The molecule has 0 saturated heterocycles. The molecule has 0 saturated carbocycles. The Morgan fingerprint density at radius 2 is 1.86 bits per heavy atom. The average Bonchev–Trinajstić information content (AvgIpc) is 2.69. The molecule has 8 nitrogen and oxygen atoms in total. The molecule has 0 heterocycles. The second kappa shape index (κ2) is 10.4. The minimum atomic E-state index is -0.811. The highest BCUT2D eigenvalue weighted by Crippen LogP contribution is 2.25. The number of halogens is 1. The standard InChI is InChI=1S/C20H22ClN3O5/c1-13(2)18(20(26)22-10-11-29-15-6-4-3-5-7-15)23-19(25)14-8-9-16(21)17(12-14)24(27)28/h3-9,12-13,18H,10-11H2,1-2H3,(H,22,26)(H,23,25). The van der Waals surface area contributed by atoms with Crippen molar-refractivity contribution in [3.8, 4) is 5.75 Å². The van der Waals surface area contributed by atoms with E-state index >= 15 is 0 Å². The number of hydrogen-bond donors (Lipinski definition) is 2. The molecule has 9 heteroatoms. The van der Waals surface area contributed by atoms with E-state index in [9.17, 15) is 19.7 Å². The molecule has 0 aliphatic heterocycles. The summed E-state index contributed by atoms with van der Waals surface area (Å²) in [5, 5.41) is 16.3. The van der Waals surface area contributed by atoms with Crippen LogP contribution in [-0.4, -0.2) is 35.9 Å². The van der Waals surface area contributed by atoms with Crippen LogP contribution in [-0.2, 0) is 4.79 Å². The number of hydrogen-bond acceptors (Lipinski definition) is 5. The van der Waals surface area contributed by atoms with E-state index in [0.717, 1.165) is 6.07 Å². The maximum atomic E-state index is 12.5. The van der Waals surface area contributed by atoms with Gasteiger partial charge in [0.05, 0.1) is 11.5 Å². The average molecular weight is 420 g/mol. The first-order valence-electron chi connectivity index (χ1n) is 9.00. The Morgan fingerprint density at radius 1 is 1.17 bits per heavy atom. The number of rotatable bonds is 9. The highest BCUT2D eigenvalue weighted by atomic mass is 35.5. The van der Waals surface area contributed by atoms with Gasteiger partial charge < -0.3 is 15.4 Å². The highest BCUT2D eigenvalue weighted by molar-refractivity contribution is 6.32. The molecule has 1 unspecified atom stereocenters. The van der Waals surface area contributed by atoms with Gasteiger partial charge in [-0.05, 0) is 30.2 Å². The van der Waals surface area contributed by atoms with E-state index in [1.807, 2.05) is 30.3 Å². The van der Waals surface area contributed by atoms with Crippen molar-refractivity contribution >= 4 is 29.1 Å². The first-order valence-corrected chi connectivity index (χ1v) is 9.37. The first kappa shape index (κ1) is 22.2. The molecule has 2 N–H and O–H groups in total. The lowest BCUT2D eigenvalue weighted by molar-refractivity contribution is -0.384. The third kappa shape index (κ3) is 6.46. The van der Waals surface area contributed by atoms with Crippen molar-refractivity contribution in [1.29, 1.82) is 0 Å². The number of nitro groups is 1. The zero-order chi connectivity index (χ0) is 21.4. The molecule has 0 radical (unpaired) electrons. The maximum Gasteiger partial charge on any atom is 0.288 e. The number of benzene rings is 2. The van der Waals surface area contributed by atoms with Gasteiger partial charge in [0.1, 0.15) is 23.4 Å². The number of nitrogens with zero attached hydrogens (tertiary/aromatic N) is 1. The second-order valence-corrected chi connectivity index (χ2v) is 6.98. The molecule has 2 rings (SSSR count). The van der Waals surface area contributed by atoms with Gasteiger partial charge in [0.25, 0.3) is 11.6 Å². The summed E-state index contributed by atoms with van der Waals surface area (Å²) >= 11 is 5.77. The number of nitro benzene ring substituents is 1. The summed E-state index contributed by atoms with van der Waals surface area (Å²) in [7, 11) is 0. The number of para-hydroxylation sites is 1. The monoisotopic (exact) mass is 419 g/mol. The van der Waals surface area contributed by atoms with Crippen LogP contribution in [0.25, 0.3) is 0 Å². The third-order valence-corrected chi connectivity index (χ3v) is 4.37. The molecule has 0 fully saturated rings. The number of carbonyl (C=O) groups is 2. The minimum Gasteiger partial charge on any atom is -0.492 e. The van der Waals surface area contributed by atoms with Crippen LogP contribution in [0.4, 0.5) is 5.69 Å². The van der Waals surface area contributed by atoms with Crippen molar-refractivity contribution < 1.29 is 19.2 Å². The van der Waals surface area contributed by atoms with Gasteiger partial charge >= 0.3 is 0 Å². The van der Waals surface area contributed by atoms with Crippen LogP contribution in [0, 0.1) is 16.0 Å². The fourth-order valence-electron chi connectivity index (χ4n) is 2.52. The van der Waals surface area contributed by atoms with E-state index in [1.165, 1.54) is 12.1 Å². The van der Waals surface area contributed by atoms with Crippen molar-refractivity contribution in [2.75, 3.05) is 13.2 Å². The molecular weight excluding hydrogens is 398 g/mol. The fraction of sp³-hybridized carbons (Fsp3) is 0.300. The maximum absolute atomic E-state index is 12.5. The smallest absolute Gasteiger partial charge is 0.288 e. The Labute approximate surface area is 173 Å². The molecule has 2 aromatic carbocycles. The van der Waals surface area contributed by atoms with Gasteiger partial charge in [0, 0.05) is 11.6 Å². The Bertz CT molecular complexity index is 874. The van der Waals surface area contributed by atoms with Crippen LogP contribution in [0.15, 0.2) is 48.5 Å². The van der Waals surface area contributed by atoms with E-state index in [0.29, 0.717) is 5.75 Å². The SMILES string of the molecule is CC(C)C(NC(=O)c1ccc(Cl)c([N+](=O)[O-])c1)C(=O)NCCOc1ccccc1. The number of ether oxygens (including phenoxy) is 1. The predicted molar refractivity (Wildman–Crippen MR) is 109 cm³/mol. The summed E-state index contributed by atoms with van der Waals surface area (Å²) in [6.07, 6.45) is 0. The molecular formula is C20H22ClN3O5. The summed E-state index contributed by atoms with van der Waals surface area (Å²) in [5.41, 5.74) is -0.324. The largest absolute Gasteiger partial charge is 0.492 e. The van der Waals surface area contributed by atoms with Gasteiger partial charge in [0.2, 0.25) is 5.91 Å². The van der Waals surface area contributed by atoms with Crippen molar-refractivity contribution in [3.05, 3.63) is 69.2 Å². The van der Waals surface area contributed by atoms with Gasteiger partial charge in [-0.1, -0.05) is 43.6 Å². The van der Waals surface area contributed by atoms with Crippen LogP contribution in [0.2, 0.25) is 5.02 Å². The van der Waals surface area contributed by atoms with Crippen LogP contribution < -0.4 is 15.4 Å². The topological polar surface area (TPSA) is 111 Å². The lowest BCUT2D eigenvalue weighted by Gasteiger charge is -2.22. The van der Waals surface area contributed by atoms with Crippen molar-refractivity contribution in [1.82, 2.24) is 10.6 Å². The lowest BCUT2D eigenvalue weighted by atomic mass is 10.0. The molecule has 0 aromatic heterocycles. The molecule has 2 aromatic rings. The van der Waals surface area contributed by atoms with Crippen molar-refractivity contribution in [3.63, 3.8) is 0 Å². The van der Waals surface area contributed by atoms with Crippen LogP contribution in [0.1, 0.15) is 24.2 Å². The van der Waals surface area contributed by atoms with Crippen LogP contribution >= 0.6 is 11.6 Å². The normalized spacial score (nSPS) is 11.6. The Hall–Kier alpha value is -3.13. The van der Waals surface area contributed by atoms with E-state index in [4.69, 9.17) is 16.3 Å².